The van der Waals surface area contributed by atoms with Crippen LogP contribution in [-0.4, -0.2) is 4.98 Å². The van der Waals surface area contributed by atoms with Crippen molar-refractivity contribution in [3.63, 3.8) is 0 Å². The molecule has 0 atom stereocenters. The lowest BCUT2D eigenvalue weighted by molar-refractivity contribution is -0.138. The smallest absolute Gasteiger partial charge is 0.255 e. The lowest BCUT2D eigenvalue weighted by Gasteiger charge is -2.12. The highest BCUT2D eigenvalue weighted by atomic mass is 127. The van der Waals surface area contributed by atoms with Crippen molar-refractivity contribution in [2.24, 2.45) is 0 Å². The quantitative estimate of drug-likeness (QED) is 0.364. The molecule has 0 unspecified atom stereocenters. The molecule has 1 aromatic carbocycles. The fraction of sp³-hybridized carbons (Fsp3) is 0.0833. The maximum atomic E-state index is 12.9. The van der Waals surface area contributed by atoms with Crippen molar-refractivity contribution in [1.82, 2.24) is 4.98 Å². The zero-order valence-electron chi connectivity index (χ0n) is 9.40. The Hall–Kier alpha value is -0.240. The summed E-state index contributed by atoms with van der Waals surface area (Å²) in [6, 6.07) is 3.78. The number of nitrogens with zero attached hydrogens (tertiary/aromatic N) is 1. The Kier molecular flexibility index (Phi) is 4.73. The van der Waals surface area contributed by atoms with Gasteiger partial charge in [0.05, 0.1) is 29.9 Å². The second-order valence-electron chi connectivity index (χ2n) is 3.77. The van der Waals surface area contributed by atoms with Gasteiger partial charge in [0.15, 0.2) is 0 Å². The van der Waals surface area contributed by atoms with Gasteiger partial charge in [0.1, 0.15) is 0 Å². The fourth-order valence-corrected chi connectivity index (χ4v) is 3.09. The Bertz CT molecular complexity index is 650. The molecular formula is C12H4Cl3F3IN. The molecule has 0 aliphatic carbocycles. The standard InChI is InChI=1S/C12H4Cl3F3IN/c13-7-3-5(4-8(14)9(7)15)11-10(19)6(1-2-20-11)12(16,17)18/h1-4H. The minimum atomic E-state index is -4.45. The first-order valence-electron chi connectivity index (χ1n) is 5.08. The Balaban J connectivity index is 2.66. The topological polar surface area (TPSA) is 12.9 Å². The van der Waals surface area contributed by atoms with Gasteiger partial charge in [-0.25, -0.2) is 0 Å². The van der Waals surface area contributed by atoms with Crippen LogP contribution in [0.25, 0.3) is 11.3 Å². The van der Waals surface area contributed by atoms with E-state index >= 15 is 0 Å². The normalized spacial score (nSPS) is 11.8. The van der Waals surface area contributed by atoms with E-state index in [0.717, 1.165) is 12.3 Å². The van der Waals surface area contributed by atoms with Gasteiger partial charge in [-0.1, -0.05) is 34.8 Å². The van der Waals surface area contributed by atoms with Crippen molar-refractivity contribution in [3.05, 3.63) is 48.6 Å². The molecule has 20 heavy (non-hydrogen) atoms. The van der Waals surface area contributed by atoms with Gasteiger partial charge in [0.2, 0.25) is 0 Å². The summed E-state index contributed by atoms with van der Waals surface area (Å²) >= 11 is 19.2. The monoisotopic (exact) mass is 451 g/mol. The third-order valence-electron chi connectivity index (χ3n) is 2.45. The summed E-state index contributed by atoms with van der Waals surface area (Å²) in [7, 11) is 0. The van der Waals surface area contributed by atoms with Crippen LogP contribution in [0.4, 0.5) is 13.2 Å². The second-order valence-corrected chi connectivity index (χ2v) is 6.04. The van der Waals surface area contributed by atoms with Crippen LogP contribution in [0.15, 0.2) is 24.4 Å². The van der Waals surface area contributed by atoms with Crippen LogP contribution in [0.5, 0.6) is 0 Å². The SMILES string of the molecule is FC(F)(F)c1ccnc(-c2cc(Cl)c(Cl)c(Cl)c2)c1I. The molecule has 0 aliphatic heterocycles. The maximum absolute atomic E-state index is 12.9. The molecule has 0 saturated heterocycles. The molecule has 0 saturated carbocycles. The Morgan fingerprint density at radius 3 is 2.10 bits per heavy atom. The lowest BCUT2D eigenvalue weighted by atomic mass is 10.1. The van der Waals surface area contributed by atoms with Crippen LogP contribution in [0.1, 0.15) is 5.56 Å². The number of halogens is 7. The van der Waals surface area contributed by atoms with Gasteiger partial charge in [-0.3, -0.25) is 4.98 Å². The first kappa shape index (κ1) is 16.1. The number of rotatable bonds is 1. The van der Waals surface area contributed by atoms with Gasteiger partial charge in [0.25, 0.3) is 0 Å². The van der Waals surface area contributed by atoms with E-state index < -0.39 is 11.7 Å². The summed E-state index contributed by atoms with van der Waals surface area (Å²) in [6.45, 7) is 0. The second kappa shape index (κ2) is 5.87. The third kappa shape index (κ3) is 3.16. The molecule has 0 spiro atoms. The number of aromatic nitrogens is 1. The number of hydrogen-bond donors (Lipinski definition) is 0. The summed E-state index contributed by atoms with van der Waals surface area (Å²) in [5.74, 6) is 0. The molecule has 0 N–H and O–H groups in total. The largest absolute Gasteiger partial charge is 0.417 e. The maximum Gasteiger partial charge on any atom is 0.417 e. The van der Waals surface area contributed by atoms with Crippen molar-refractivity contribution >= 4 is 57.4 Å². The van der Waals surface area contributed by atoms with Crippen molar-refractivity contribution in [3.8, 4) is 11.3 Å². The summed E-state index contributed by atoms with van der Waals surface area (Å²) in [6.07, 6.45) is -3.36. The number of hydrogen-bond acceptors (Lipinski definition) is 1. The van der Waals surface area contributed by atoms with Crippen LogP contribution < -0.4 is 0 Å². The van der Waals surface area contributed by atoms with Crippen molar-refractivity contribution < 1.29 is 13.2 Å². The van der Waals surface area contributed by atoms with E-state index in [2.05, 4.69) is 4.98 Å². The molecule has 1 nitrogen and oxygen atoms in total. The summed E-state index contributed by atoms with van der Waals surface area (Å²) in [5, 5.41) is 0.465. The fourth-order valence-electron chi connectivity index (χ4n) is 1.56. The van der Waals surface area contributed by atoms with Gasteiger partial charge < -0.3 is 0 Å². The molecule has 2 rings (SSSR count). The molecule has 0 fully saturated rings. The zero-order valence-corrected chi connectivity index (χ0v) is 13.8. The highest BCUT2D eigenvalue weighted by molar-refractivity contribution is 14.1. The molecular weight excluding hydrogens is 448 g/mol. The molecule has 106 valence electrons. The molecule has 0 aliphatic rings. The number of alkyl halides is 3. The van der Waals surface area contributed by atoms with E-state index in [4.69, 9.17) is 34.8 Å². The predicted molar refractivity (Wildman–Crippen MR) is 82.4 cm³/mol. The van der Waals surface area contributed by atoms with Gasteiger partial charge in [-0.15, -0.1) is 0 Å². The molecule has 0 bridgehead atoms. The highest BCUT2D eigenvalue weighted by Crippen LogP contribution is 2.39. The lowest BCUT2D eigenvalue weighted by Crippen LogP contribution is -2.09. The molecule has 8 heteroatoms. The zero-order chi connectivity index (χ0) is 15.1. The van der Waals surface area contributed by atoms with Crippen molar-refractivity contribution in [1.29, 1.82) is 0 Å². The highest BCUT2D eigenvalue weighted by Gasteiger charge is 2.34. The van der Waals surface area contributed by atoms with Crippen LogP contribution in [-0.2, 0) is 6.18 Å². The molecule has 0 amide bonds. The van der Waals surface area contributed by atoms with Gasteiger partial charge in [-0.05, 0) is 40.8 Å². The first-order valence-corrected chi connectivity index (χ1v) is 7.29. The van der Waals surface area contributed by atoms with Gasteiger partial charge >= 0.3 is 6.18 Å². The third-order valence-corrected chi connectivity index (χ3v) is 4.74. The minimum Gasteiger partial charge on any atom is -0.255 e. The van der Waals surface area contributed by atoms with E-state index in [1.54, 1.807) is 22.6 Å². The summed E-state index contributed by atoms with van der Waals surface area (Å²) < 4.78 is 38.6. The molecule has 1 aromatic heterocycles. The Labute approximate surface area is 141 Å². The van der Waals surface area contributed by atoms with E-state index in [9.17, 15) is 13.2 Å². The summed E-state index contributed by atoms with van der Waals surface area (Å²) in [4.78, 5) is 3.97. The number of benzene rings is 1. The molecule has 0 radical (unpaired) electrons. The van der Waals surface area contributed by atoms with E-state index in [0.29, 0.717) is 5.56 Å². The van der Waals surface area contributed by atoms with E-state index in [-0.39, 0.29) is 24.3 Å². The van der Waals surface area contributed by atoms with Crippen LogP contribution in [0.2, 0.25) is 15.1 Å². The Morgan fingerprint density at radius 2 is 1.60 bits per heavy atom. The average Bonchev–Trinajstić information content (AvgIpc) is 2.34. The molecule has 1 heterocycles. The van der Waals surface area contributed by atoms with E-state index in [1.165, 1.54) is 12.1 Å². The Morgan fingerprint density at radius 1 is 1.05 bits per heavy atom. The first-order chi connectivity index (χ1) is 9.21. The van der Waals surface area contributed by atoms with E-state index in [1.807, 2.05) is 0 Å². The van der Waals surface area contributed by atoms with Crippen LogP contribution >= 0.6 is 57.4 Å². The van der Waals surface area contributed by atoms with Crippen LogP contribution in [0, 0.1) is 3.57 Å². The number of pyridine rings is 1. The van der Waals surface area contributed by atoms with Crippen LogP contribution in [0.3, 0.4) is 0 Å². The summed E-state index contributed by atoms with van der Waals surface area (Å²) in [5.41, 5.74) is -0.230. The van der Waals surface area contributed by atoms with Crippen molar-refractivity contribution in [2.45, 2.75) is 6.18 Å². The minimum absolute atomic E-state index is 0.0212. The molecule has 2 aromatic rings. The van der Waals surface area contributed by atoms with Crippen molar-refractivity contribution in [2.75, 3.05) is 0 Å². The van der Waals surface area contributed by atoms with Gasteiger partial charge in [0, 0.05) is 11.8 Å². The van der Waals surface area contributed by atoms with Gasteiger partial charge in [-0.2, -0.15) is 13.2 Å². The average molecular weight is 452 g/mol. The predicted octanol–water partition coefficient (Wildman–Crippen LogP) is 6.33.